The Hall–Kier alpha value is -4.33. The average Bonchev–Trinajstić information content (AvgIpc) is 3.15. The van der Waals surface area contributed by atoms with Crippen molar-refractivity contribution < 1.29 is 33.3 Å². The summed E-state index contributed by atoms with van der Waals surface area (Å²) < 4.78 is 30.4. The Morgan fingerprint density at radius 2 is 1.50 bits per heavy atom. The molecule has 0 spiro atoms. The van der Waals surface area contributed by atoms with Crippen LogP contribution in [0, 0.1) is 5.82 Å². The minimum absolute atomic E-state index is 0.0295. The molecule has 186 valence electrons. The Morgan fingerprint density at radius 1 is 0.917 bits per heavy atom. The van der Waals surface area contributed by atoms with Crippen LogP contribution in [-0.4, -0.2) is 37.1 Å². The molecule has 36 heavy (non-hydrogen) atoms. The second-order valence-electron chi connectivity index (χ2n) is 7.94. The number of ketones is 1. The number of rotatable bonds is 8. The first-order chi connectivity index (χ1) is 17.4. The molecule has 1 aliphatic rings. The van der Waals surface area contributed by atoms with E-state index in [0.29, 0.717) is 36.0 Å². The minimum Gasteiger partial charge on any atom is -0.507 e. The van der Waals surface area contributed by atoms with Crippen LogP contribution in [0.3, 0.4) is 0 Å². The molecule has 1 atom stereocenters. The van der Waals surface area contributed by atoms with Gasteiger partial charge in [-0.25, -0.2) is 4.39 Å². The smallest absolute Gasteiger partial charge is 0.300 e. The van der Waals surface area contributed by atoms with Crippen molar-refractivity contribution in [1.82, 2.24) is 0 Å². The summed E-state index contributed by atoms with van der Waals surface area (Å²) in [5, 5.41) is 11.3. The van der Waals surface area contributed by atoms with Gasteiger partial charge < -0.3 is 19.3 Å². The number of Topliss-reactive ketones (excluding diaryl/α,β-unsaturated/α-hetero) is 1. The quantitative estimate of drug-likeness (QED) is 0.263. The lowest BCUT2D eigenvalue weighted by Crippen LogP contribution is -2.29. The van der Waals surface area contributed by atoms with Crippen LogP contribution in [0.2, 0.25) is 0 Å². The highest BCUT2D eigenvalue weighted by atomic mass is 19.1. The monoisotopic (exact) mass is 491 g/mol. The maximum atomic E-state index is 14.1. The molecule has 3 aromatic rings. The summed E-state index contributed by atoms with van der Waals surface area (Å²) >= 11 is 0. The van der Waals surface area contributed by atoms with Crippen molar-refractivity contribution in [2.45, 2.75) is 19.9 Å². The predicted molar refractivity (Wildman–Crippen MR) is 133 cm³/mol. The van der Waals surface area contributed by atoms with Gasteiger partial charge in [0.2, 0.25) is 0 Å². The van der Waals surface area contributed by atoms with Crippen LogP contribution in [0.4, 0.5) is 10.1 Å². The molecule has 1 heterocycles. The SMILES string of the molecule is CCOc1ccc(C2/C(=C(\O)c3cc(F)ccc3OC)C(=O)C(=O)N2c2ccc(OCC)cc2)cc1. The molecule has 1 amide bonds. The molecule has 4 rings (SSSR count). The lowest BCUT2D eigenvalue weighted by Gasteiger charge is -2.26. The van der Waals surface area contributed by atoms with E-state index in [1.807, 2.05) is 13.8 Å². The minimum atomic E-state index is -0.980. The summed E-state index contributed by atoms with van der Waals surface area (Å²) in [5.74, 6) is -1.49. The van der Waals surface area contributed by atoms with E-state index in [1.54, 1.807) is 48.5 Å². The van der Waals surface area contributed by atoms with Crippen LogP contribution in [-0.2, 0) is 9.59 Å². The van der Waals surface area contributed by atoms with Gasteiger partial charge in [0.1, 0.15) is 28.8 Å². The van der Waals surface area contributed by atoms with E-state index in [4.69, 9.17) is 14.2 Å². The normalized spacial score (nSPS) is 16.8. The molecule has 0 aliphatic carbocycles. The summed E-state index contributed by atoms with van der Waals surface area (Å²) in [6.45, 7) is 4.68. The second-order valence-corrected chi connectivity index (χ2v) is 7.94. The second kappa shape index (κ2) is 10.5. The molecular weight excluding hydrogens is 465 g/mol. The third-order valence-electron chi connectivity index (χ3n) is 5.79. The van der Waals surface area contributed by atoms with Gasteiger partial charge >= 0.3 is 0 Å². The van der Waals surface area contributed by atoms with Gasteiger partial charge in [0.05, 0.1) is 37.5 Å². The van der Waals surface area contributed by atoms with E-state index in [-0.39, 0.29) is 16.9 Å². The van der Waals surface area contributed by atoms with Crippen molar-refractivity contribution >= 4 is 23.1 Å². The number of aliphatic hydroxyl groups is 1. The topological polar surface area (TPSA) is 85.3 Å². The number of carbonyl (C=O) groups excluding carboxylic acids is 2. The molecule has 0 aromatic heterocycles. The van der Waals surface area contributed by atoms with Gasteiger partial charge in [-0.05, 0) is 74.0 Å². The molecule has 0 saturated carbocycles. The van der Waals surface area contributed by atoms with Crippen molar-refractivity contribution in [2.75, 3.05) is 25.2 Å². The Labute approximate surface area is 208 Å². The van der Waals surface area contributed by atoms with Crippen molar-refractivity contribution in [3.05, 3.63) is 89.2 Å². The molecule has 3 aromatic carbocycles. The van der Waals surface area contributed by atoms with Crippen LogP contribution in [0.15, 0.2) is 72.3 Å². The lowest BCUT2D eigenvalue weighted by molar-refractivity contribution is -0.132. The highest BCUT2D eigenvalue weighted by Gasteiger charge is 2.47. The summed E-state index contributed by atoms with van der Waals surface area (Å²) in [7, 11) is 1.37. The number of benzene rings is 3. The molecule has 8 heteroatoms. The number of hydrogen-bond acceptors (Lipinski definition) is 6. The van der Waals surface area contributed by atoms with E-state index in [1.165, 1.54) is 24.1 Å². The molecule has 1 fully saturated rings. The summed E-state index contributed by atoms with van der Waals surface area (Å²) in [6.07, 6.45) is 0. The number of halogens is 1. The first-order valence-electron chi connectivity index (χ1n) is 11.5. The number of anilines is 1. The van der Waals surface area contributed by atoms with E-state index >= 15 is 0 Å². The third-order valence-corrected chi connectivity index (χ3v) is 5.79. The van der Waals surface area contributed by atoms with Crippen LogP contribution < -0.4 is 19.1 Å². The Morgan fingerprint density at radius 3 is 2.06 bits per heavy atom. The van der Waals surface area contributed by atoms with E-state index in [0.717, 1.165) is 6.07 Å². The standard InChI is InChI=1S/C28H26FNO6/c1-4-35-20-11-6-17(7-12-20)25-24(26(31)22-16-18(29)8-15-23(22)34-3)27(32)28(33)30(25)19-9-13-21(14-10-19)36-5-2/h6-16,25,31H,4-5H2,1-3H3/b26-24+. The highest BCUT2D eigenvalue weighted by Crippen LogP contribution is 2.43. The van der Waals surface area contributed by atoms with Gasteiger partial charge in [0, 0.05) is 5.69 Å². The number of carbonyl (C=O) groups is 2. The Bertz CT molecular complexity index is 1300. The van der Waals surface area contributed by atoms with Crippen molar-refractivity contribution in [3.8, 4) is 17.2 Å². The zero-order chi connectivity index (χ0) is 25.8. The van der Waals surface area contributed by atoms with Crippen LogP contribution in [0.25, 0.3) is 5.76 Å². The molecule has 0 bridgehead atoms. The number of aliphatic hydroxyl groups excluding tert-OH is 1. The predicted octanol–water partition coefficient (Wildman–Crippen LogP) is 5.26. The van der Waals surface area contributed by atoms with Gasteiger partial charge in [-0.15, -0.1) is 0 Å². The number of amides is 1. The molecule has 1 N–H and O–H groups in total. The zero-order valence-electron chi connectivity index (χ0n) is 20.2. The molecule has 1 aliphatic heterocycles. The van der Waals surface area contributed by atoms with Crippen molar-refractivity contribution in [3.63, 3.8) is 0 Å². The fraction of sp³-hybridized carbons (Fsp3) is 0.214. The van der Waals surface area contributed by atoms with Crippen LogP contribution >= 0.6 is 0 Å². The summed E-state index contributed by atoms with van der Waals surface area (Å²) in [6, 6.07) is 16.2. The van der Waals surface area contributed by atoms with Gasteiger partial charge in [-0.1, -0.05) is 12.1 Å². The molecular formula is C28H26FNO6. The lowest BCUT2D eigenvalue weighted by atomic mass is 9.94. The van der Waals surface area contributed by atoms with E-state index in [9.17, 15) is 19.1 Å². The van der Waals surface area contributed by atoms with E-state index < -0.39 is 29.3 Å². The molecule has 1 saturated heterocycles. The van der Waals surface area contributed by atoms with Gasteiger partial charge in [0.15, 0.2) is 0 Å². The maximum Gasteiger partial charge on any atom is 0.300 e. The molecule has 1 unspecified atom stereocenters. The third kappa shape index (κ3) is 4.62. The zero-order valence-corrected chi connectivity index (χ0v) is 20.2. The van der Waals surface area contributed by atoms with Gasteiger partial charge in [-0.2, -0.15) is 0 Å². The Balaban J connectivity index is 1.91. The number of nitrogens with zero attached hydrogens (tertiary/aromatic N) is 1. The highest BCUT2D eigenvalue weighted by molar-refractivity contribution is 6.51. The van der Waals surface area contributed by atoms with E-state index in [2.05, 4.69) is 0 Å². The van der Waals surface area contributed by atoms with Crippen molar-refractivity contribution in [1.29, 1.82) is 0 Å². The number of hydrogen-bond donors (Lipinski definition) is 1. The average molecular weight is 492 g/mol. The van der Waals surface area contributed by atoms with Gasteiger partial charge in [0.25, 0.3) is 11.7 Å². The maximum absolute atomic E-state index is 14.1. The molecule has 7 nitrogen and oxygen atoms in total. The Kier molecular flexibility index (Phi) is 7.24. The first-order valence-corrected chi connectivity index (χ1v) is 11.5. The number of ether oxygens (including phenoxy) is 3. The van der Waals surface area contributed by atoms with Crippen molar-refractivity contribution in [2.24, 2.45) is 0 Å². The molecule has 0 radical (unpaired) electrons. The fourth-order valence-corrected chi connectivity index (χ4v) is 4.21. The van der Waals surface area contributed by atoms with Crippen LogP contribution in [0.5, 0.6) is 17.2 Å². The summed E-state index contributed by atoms with van der Waals surface area (Å²) in [4.78, 5) is 27.9. The fourth-order valence-electron chi connectivity index (χ4n) is 4.21. The first kappa shape index (κ1) is 24.8. The largest absolute Gasteiger partial charge is 0.507 e. The summed E-state index contributed by atoms with van der Waals surface area (Å²) in [5.41, 5.74) is 0.785. The number of methoxy groups -OCH3 is 1. The van der Waals surface area contributed by atoms with Gasteiger partial charge in [-0.3, -0.25) is 14.5 Å². The van der Waals surface area contributed by atoms with Crippen LogP contribution in [0.1, 0.15) is 31.0 Å².